The minimum atomic E-state index is -0.434. The van der Waals surface area contributed by atoms with Gasteiger partial charge in [-0.15, -0.1) is 0 Å². The Hall–Kier alpha value is -0.860. The van der Waals surface area contributed by atoms with Crippen LogP contribution in [0.3, 0.4) is 0 Å². The van der Waals surface area contributed by atoms with Crippen molar-refractivity contribution in [3.05, 3.63) is 35.4 Å². The molecule has 112 valence electrons. The molecule has 1 aliphatic rings. The number of hydrogen-bond donors (Lipinski definition) is 1. The van der Waals surface area contributed by atoms with E-state index in [1.807, 2.05) is 0 Å². The number of hydrogen-bond acceptors (Lipinski definition) is 2. The average molecular weight is 276 g/mol. The molecule has 1 aromatic carbocycles. The SMILES string of the molecule is CCC(C)c1ccc(C(O)C2C(C)OC(C)C2C)cc1. The number of aliphatic hydroxyl groups excluding tert-OH is 1. The van der Waals surface area contributed by atoms with Gasteiger partial charge in [0.15, 0.2) is 0 Å². The predicted octanol–water partition coefficient (Wildman–Crippen LogP) is 4.29. The highest BCUT2D eigenvalue weighted by Gasteiger charge is 2.41. The molecule has 0 radical (unpaired) electrons. The van der Waals surface area contributed by atoms with Gasteiger partial charge >= 0.3 is 0 Å². The Morgan fingerprint density at radius 2 is 1.60 bits per heavy atom. The first kappa shape index (κ1) is 15.5. The van der Waals surface area contributed by atoms with Crippen molar-refractivity contribution in [3.8, 4) is 0 Å². The molecule has 1 aliphatic heterocycles. The molecule has 0 aromatic heterocycles. The Morgan fingerprint density at radius 3 is 2.05 bits per heavy atom. The highest BCUT2D eigenvalue weighted by Crippen LogP contribution is 2.40. The van der Waals surface area contributed by atoms with Crippen molar-refractivity contribution in [2.45, 2.75) is 65.3 Å². The van der Waals surface area contributed by atoms with Crippen LogP contribution in [0, 0.1) is 11.8 Å². The fourth-order valence-electron chi connectivity index (χ4n) is 3.32. The lowest BCUT2D eigenvalue weighted by Gasteiger charge is -2.25. The molecule has 1 heterocycles. The van der Waals surface area contributed by atoms with Crippen molar-refractivity contribution in [3.63, 3.8) is 0 Å². The molecule has 0 spiro atoms. The molecule has 6 atom stereocenters. The second kappa shape index (κ2) is 6.28. The molecule has 1 saturated heterocycles. The third-order valence-corrected chi connectivity index (χ3v) is 5.14. The van der Waals surface area contributed by atoms with Crippen LogP contribution in [-0.2, 0) is 4.74 Å². The van der Waals surface area contributed by atoms with Gasteiger partial charge in [0.1, 0.15) is 0 Å². The smallest absolute Gasteiger partial charge is 0.0846 e. The summed E-state index contributed by atoms with van der Waals surface area (Å²) in [5, 5.41) is 10.7. The van der Waals surface area contributed by atoms with E-state index in [-0.39, 0.29) is 18.1 Å². The van der Waals surface area contributed by atoms with Crippen LogP contribution in [0.25, 0.3) is 0 Å². The van der Waals surface area contributed by atoms with Crippen molar-refractivity contribution in [2.24, 2.45) is 11.8 Å². The maximum atomic E-state index is 10.7. The summed E-state index contributed by atoms with van der Waals surface area (Å²) in [6.45, 7) is 10.8. The zero-order valence-corrected chi connectivity index (χ0v) is 13.3. The summed E-state index contributed by atoms with van der Waals surface area (Å²) in [5.41, 5.74) is 2.36. The summed E-state index contributed by atoms with van der Waals surface area (Å²) in [6.07, 6.45) is 1.05. The summed E-state index contributed by atoms with van der Waals surface area (Å²) >= 11 is 0. The van der Waals surface area contributed by atoms with Crippen molar-refractivity contribution < 1.29 is 9.84 Å². The van der Waals surface area contributed by atoms with E-state index in [4.69, 9.17) is 4.74 Å². The zero-order valence-electron chi connectivity index (χ0n) is 13.3. The van der Waals surface area contributed by atoms with Crippen molar-refractivity contribution >= 4 is 0 Å². The molecule has 2 rings (SSSR count). The zero-order chi connectivity index (χ0) is 14.9. The van der Waals surface area contributed by atoms with E-state index in [1.165, 1.54) is 5.56 Å². The molecule has 0 bridgehead atoms. The van der Waals surface area contributed by atoms with Crippen molar-refractivity contribution in [1.29, 1.82) is 0 Å². The summed E-state index contributed by atoms with van der Waals surface area (Å²) < 4.78 is 5.85. The summed E-state index contributed by atoms with van der Waals surface area (Å²) in [4.78, 5) is 0. The van der Waals surface area contributed by atoms with Crippen molar-refractivity contribution in [1.82, 2.24) is 0 Å². The standard InChI is InChI=1S/C18H28O2/c1-6-11(2)15-7-9-16(10-8-15)18(19)17-12(3)13(4)20-14(17)5/h7-14,17-19H,6H2,1-5H3. The fraction of sp³-hybridized carbons (Fsp3) is 0.667. The van der Waals surface area contributed by atoms with Crippen LogP contribution in [0.2, 0.25) is 0 Å². The second-order valence-corrected chi connectivity index (χ2v) is 6.40. The highest BCUT2D eigenvalue weighted by molar-refractivity contribution is 5.27. The lowest BCUT2D eigenvalue weighted by atomic mass is 9.82. The van der Waals surface area contributed by atoms with E-state index in [2.05, 4.69) is 58.9 Å². The topological polar surface area (TPSA) is 29.5 Å². The van der Waals surface area contributed by atoms with E-state index >= 15 is 0 Å². The van der Waals surface area contributed by atoms with Gasteiger partial charge in [-0.25, -0.2) is 0 Å². The molecular formula is C18H28O2. The lowest BCUT2D eigenvalue weighted by Crippen LogP contribution is -2.25. The Kier molecular flexibility index (Phi) is 4.87. The van der Waals surface area contributed by atoms with Crippen LogP contribution < -0.4 is 0 Å². The first-order chi connectivity index (χ1) is 9.45. The van der Waals surface area contributed by atoms with Crippen LogP contribution in [-0.4, -0.2) is 17.3 Å². The Labute approximate surface area is 123 Å². The number of ether oxygens (including phenoxy) is 1. The molecule has 1 aromatic rings. The van der Waals surface area contributed by atoms with Crippen LogP contribution in [0.4, 0.5) is 0 Å². The van der Waals surface area contributed by atoms with E-state index in [0.717, 1.165) is 12.0 Å². The van der Waals surface area contributed by atoms with Gasteiger partial charge in [0.05, 0.1) is 18.3 Å². The third kappa shape index (κ3) is 2.91. The van der Waals surface area contributed by atoms with E-state index in [0.29, 0.717) is 11.8 Å². The largest absolute Gasteiger partial charge is 0.388 e. The van der Waals surface area contributed by atoms with E-state index < -0.39 is 6.10 Å². The molecule has 0 aliphatic carbocycles. The van der Waals surface area contributed by atoms with Gasteiger partial charge in [0.2, 0.25) is 0 Å². The predicted molar refractivity (Wildman–Crippen MR) is 82.8 cm³/mol. The maximum Gasteiger partial charge on any atom is 0.0846 e. The van der Waals surface area contributed by atoms with Gasteiger partial charge in [-0.1, -0.05) is 45.0 Å². The molecule has 0 saturated carbocycles. The summed E-state index contributed by atoms with van der Waals surface area (Å²) in [7, 11) is 0. The Bertz CT molecular complexity index is 426. The quantitative estimate of drug-likeness (QED) is 0.888. The monoisotopic (exact) mass is 276 g/mol. The van der Waals surface area contributed by atoms with Gasteiger partial charge in [-0.3, -0.25) is 0 Å². The van der Waals surface area contributed by atoms with Crippen LogP contribution >= 0.6 is 0 Å². The van der Waals surface area contributed by atoms with Gasteiger partial charge in [0, 0.05) is 5.92 Å². The van der Waals surface area contributed by atoms with Gasteiger partial charge < -0.3 is 9.84 Å². The van der Waals surface area contributed by atoms with Gasteiger partial charge in [-0.05, 0) is 43.2 Å². The highest BCUT2D eigenvalue weighted by atomic mass is 16.5. The molecule has 0 amide bonds. The number of rotatable bonds is 4. The first-order valence-corrected chi connectivity index (χ1v) is 7.89. The summed E-state index contributed by atoms with van der Waals surface area (Å²) in [5.74, 6) is 1.14. The minimum absolute atomic E-state index is 0.115. The fourth-order valence-corrected chi connectivity index (χ4v) is 3.32. The molecule has 6 unspecified atom stereocenters. The van der Waals surface area contributed by atoms with Crippen LogP contribution in [0.1, 0.15) is 64.2 Å². The van der Waals surface area contributed by atoms with Crippen LogP contribution in [0.15, 0.2) is 24.3 Å². The second-order valence-electron chi connectivity index (χ2n) is 6.40. The molecule has 2 nitrogen and oxygen atoms in total. The van der Waals surface area contributed by atoms with Gasteiger partial charge in [-0.2, -0.15) is 0 Å². The molecular weight excluding hydrogens is 248 g/mol. The maximum absolute atomic E-state index is 10.7. The van der Waals surface area contributed by atoms with Crippen molar-refractivity contribution in [2.75, 3.05) is 0 Å². The van der Waals surface area contributed by atoms with E-state index in [1.54, 1.807) is 0 Å². The minimum Gasteiger partial charge on any atom is -0.388 e. The Balaban J connectivity index is 2.15. The number of aliphatic hydroxyl groups is 1. The lowest BCUT2D eigenvalue weighted by molar-refractivity contribution is 0.0231. The van der Waals surface area contributed by atoms with E-state index in [9.17, 15) is 5.11 Å². The number of benzene rings is 1. The van der Waals surface area contributed by atoms with Crippen LogP contribution in [0.5, 0.6) is 0 Å². The molecule has 20 heavy (non-hydrogen) atoms. The molecule has 1 N–H and O–H groups in total. The third-order valence-electron chi connectivity index (χ3n) is 5.14. The molecule has 1 fully saturated rings. The first-order valence-electron chi connectivity index (χ1n) is 7.89. The summed E-state index contributed by atoms with van der Waals surface area (Å²) in [6, 6.07) is 8.46. The normalized spacial score (nSPS) is 33.1. The molecule has 2 heteroatoms. The average Bonchev–Trinajstić information content (AvgIpc) is 2.71. The Morgan fingerprint density at radius 1 is 1.05 bits per heavy atom. The van der Waals surface area contributed by atoms with Gasteiger partial charge in [0.25, 0.3) is 0 Å².